The first kappa shape index (κ1) is 20.6. The summed E-state index contributed by atoms with van der Waals surface area (Å²) in [5, 5.41) is 3.63. The number of likely N-dealkylation sites (tertiary alicyclic amines) is 1. The van der Waals surface area contributed by atoms with Crippen LogP contribution in [-0.4, -0.2) is 58.3 Å². The van der Waals surface area contributed by atoms with Gasteiger partial charge in [-0.25, -0.2) is 9.37 Å². The molecule has 1 saturated heterocycles. The summed E-state index contributed by atoms with van der Waals surface area (Å²) in [4.78, 5) is 23.2. The highest BCUT2D eigenvalue weighted by atomic mass is 19.1. The van der Waals surface area contributed by atoms with Crippen LogP contribution < -0.4 is 20.3 Å². The molecule has 3 aliphatic heterocycles. The maximum Gasteiger partial charge on any atom is 0.257 e. The molecule has 3 aromatic heterocycles. The van der Waals surface area contributed by atoms with Crippen molar-refractivity contribution in [2.75, 3.05) is 32.8 Å². The van der Waals surface area contributed by atoms with Crippen LogP contribution in [0.5, 0.6) is 11.6 Å². The van der Waals surface area contributed by atoms with E-state index in [1.807, 2.05) is 12.3 Å². The number of hydrogen-bond donors (Lipinski definition) is 1. The van der Waals surface area contributed by atoms with E-state index in [1.165, 1.54) is 12.3 Å². The number of nitrogens with zero attached hydrogens (tertiary/aromatic N) is 4. The SMILES string of the molecule is O=c1ccc2ncc(F)c3c2n1C[C@H]3CN1CCC(NCc2cnc3c(c2)OCCO3)CC1. The lowest BCUT2D eigenvalue weighted by Gasteiger charge is -2.34. The van der Waals surface area contributed by atoms with Gasteiger partial charge in [-0.05, 0) is 43.6 Å². The first-order chi connectivity index (χ1) is 16.2. The zero-order valence-corrected chi connectivity index (χ0v) is 18.3. The van der Waals surface area contributed by atoms with Crippen molar-refractivity contribution >= 4 is 11.0 Å². The number of piperidine rings is 1. The Morgan fingerprint density at radius 1 is 1.12 bits per heavy atom. The second-order valence-corrected chi connectivity index (χ2v) is 9.03. The van der Waals surface area contributed by atoms with E-state index in [0.717, 1.165) is 44.6 Å². The maximum absolute atomic E-state index is 14.7. The van der Waals surface area contributed by atoms with Gasteiger partial charge in [0.15, 0.2) is 5.75 Å². The lowest BCUT2D eigenvalue weighted by Crippen LogP contribution is -2.43. The largest absolute Gasteiger partial charge is 0.484 e. The van der Waals surface area contributed by atoms with Crippen molar-refractivity contribution in [1.29, 1.82) is 0 Å². The van der Waals surface area contributed by atoms with E-state index >= 15 is 0 Å². The van der Waals surface area contributed by atoms with E-state index in [1.54, 1.807) is 10.6 Å². The normalized spacial score (nSPS) is 20.5. The van der Waals surface area contributed by atoms with Gasteiger partial charge in [-0.1, -0.05) is 0 Å². The van der Waals surface area contributed by atoms with Crippen LogP contribution in [0.4, 0.5) is 4.39 Å². The quantitative estimate of drug-likeness (QED) is 0.636. The third-order valence-corrected chi connectivity index (χ3v) is 6.92. The van der Waals surface area contributed by atoms with Gasteiger partial charge in [0.2, 0.25) is 0 Å². The molecule has 0 aromatic carbocycles. The number of ether oxygens (including phenoxy) is 2. The number of aromatic nitrogens is 3. The highest BCUT2D eigenvalue weighted by molar-refractivity contribution is 5.80. The van der Waals surface area contributed by atoms with Gasteiger partial charge in [0.05, 0.1) is 17.2 Å². The second-order valence-electron chi connectivity index (χ2n) is 9.03. The van der Waals surface area contributed by atoms with Gasteiger partial charge in [-0.2, -0.15) is 0 Å². The summed E-state index contributed by atoms with van der Waals surface area (Å²) in [5.41, 5.74) is 2.98. The average Bonchev–Trinajstić information content (AvgIpc) is 3.23. The Labute approximate surface area is 190 Å². The molecule has 8 nitrogen and oxygen atoms in total. The van der Waals surface area contributed by atoms with Crippen molar-refractivity contribution in [2.24, 2.45) is 0 Å². The summed E-state index contributed by atoms with van der Waals surface area (Å²) >= 11 is 0. The standard InChI is InChI=1S/C24H26FN5O3/c25-18-12-27-19-1-2-21(31)30-14-16(22(18)23(19)30)13-29-5-3-17(4-6-29)26-10-15-9-20-24(28-11-15)33-8-7-32-20/h1-2,9,11-12,16-17,26H,3-8,10,13-14H2/t16-/m1/s1. The molecule has 0 aliphatic carbocycles. The number of rotatable bonds is 5. The highest BCUT2D eigenvalue weighted by Crippen LogP contribution is 2.34. The van der Waals surface area contributed by atoms with Crippen molar-refractivity contribution < 1.29 is 13.9 Å². The molecule has 0 spiro atoms. The predicted molar refractivity (Wildman–Crippen MR) is 120 cm³/mol. The summed E-state index contributed by atoms with van der Waals surface area (Å²) in [5.74, 6) is 0.940. The Morgan fingerprint density at radius 3 is 2.85 bits per heavy atom. The fourth-order valence-corrected chi connectivity index (χ4v) is 5.26. The Morgan fingerprint density at radius 2 is 1.97 bits per heavy atom. The Bertz CT molecular complexity index is 1250. The first-order valence-electron chi connectivity index (χ1n) is 11.5. The van der Waals surface area contributed by atoms with E-state index < -0.39 is 0 Å². The summed E-state index contributed by atoms with van der Waals surface area (Å²) in [6.45, 7) is 4.97. The number of pyridine rings is 3. The van der Waals surface area contributed by atoms with Crippen LogP contribution in [0.2, 0.25) is 0 Å². The van der Waals surface area contributed by atoms with Crippen molar-refractivity contribution in [2.45, 2.75) is 37.9 Å². The molecule has 3 aromatic rings. The Hall–Kier alpha value is -3.04. The molecule has 0 bridgehead atoms. The minimum atomic E-state index is -0.311. The van der Waals surface area contributed by atoms with Crippen LogP contribution in [0.1, 0.15) is 29.9 Å². The Kier molecular flexibility index (Phi) is 5.22. The van der Waals surface area contributed by atoms with Crippen molar-refractivity contribution in [1.82, 2.24) is 24.8 Å². The minimum Gasteiger partial charge on any atom is -0.484 e. The minimum absolute atomic E-state index is 0.0288. The molecule has 0 unspecified atom stereocenters. The average molecular weight is 452 g/mol. The van der Waals surface area contributed by atoms with E-state index in [-0.39, 0.29) is 17.3 Å². The van der Waals surface area contributed by atoms with Gasteiger partial charge in [-0.15, -0.1) is 0 Å². The Balaban J connectivity index is 1.06. The summed E-state index contributed by atoms with van der Waals surface area (Å²) in [7, 11) is 0. The molecule has 0 radical (unpaired) electrons. The van der Waals surface area contributed by atoms with Crippen molar-refractivity contribution in [3.05, 3.63) is 57.9 Å². The van der Waals surface area contributed by atoms with Crippen molar-refractivity contribution in [3.8, 4) is 11.6 Å². The summed E-state index contributed by atoms with van der Waals surface area (Å²) in [6, 6.07) is 5.62. The predicted octanol–water partition coefficient (Wildman–Crippen LogP) is 2.05. The van der Waals surface area contributed by atoms with Crippen LogP contribution in [0, 0.1) is 5.82 Å². The van der Waals surface area contributed by atoms with E-state index in [0.29, 0.717) is 54.0 Å². The van der Waals surface area contributed by atoms with Crippen molar-refractivity contribution in [3.63, 3.8) is 0 Å². The summed E-state index contributed by atoms with van der Waals surface area (Å²) in [6.07, 6.45) is 5.16. The fraction of sp³-hybridized carbons (Fsp3) is 0.458. The number of fused-ring (bicyclic) bond motifs is 1. The van der Waals surface area contributed by atoms with Gasteiger partial charge in [0, 0.05) is 49.4 Å². The van der Waals surface area contributed by atoms with Gasteiger partial charge in [0.1, 0.15) is 19.0 Å². The van der Waals surface area contributed by atoms with Crippen LogP contribution in [-0.2, 0) is 13.1 Å². The van der Waals surface area contributed by atoms with Gasteiger partial charge >= 0.3 is 0 Å². The second kappa shape index (κ2) is 8.39. The topological polar surface area (TPSA) is 81.5 Å². The van der Waals surface area contributed by atoms with Gasteiger partial charge in [0.25, 0.3) is 11.4 Å². The molecule has 33 heavy (non-hydrogen) atoms. The lowest BCUT2D eigenvalue weighted by atomic mass is 9.98. The molecule has 6 heterocycles. The van der Waals surface area contributed by atoms with Crippen LogP contribution >= 0.6 is 0 Å². The maximum atomic E-state index is 14.7. The molecular weight excluding hydrogens is 425 g/mol. The summed E-state index contributed by atoms with van der Waals surface area (Å²) < 4.78 is 27.5. The molecule has 0 saturated carbocycles. The first-order valence-corrected chi connectivity index (χ1v) is 11.5. The third-order valence-electron chi connectivity index (χ3n) is 6.92. The molecule has 172 valence electrons. The smallest absolute Gasteiger partial charge is 0.257 e. The molecule has 6 rings (SSSR count). The van der Waals surface area contributed by atoms with Crippen LogP contribution in [0.25, 0.3) is 11.0 Å². The van der Waals surface area contributed by atoms with Crippen LogP contribution in [0.3, 0.4) is 0 Å². The number of hydrogen-bond acceptors (Lipinski definition) is 7. The fourth-order valence-electron chi connectivity index (χ4n) is 5.26. The van der Waals surface area contributed by atoms with Crippen LogP contribution in [0.15, 0.2) is 35.4 Å². The van der Waals surface area contributed by atoms with Gasteiger partial charge < -0.3 is 24.3 Å². The van der Waals surface area contributed by atoms with E-state index in [4.69, 9.17) is 9.47 Å². The number of halogens is 1. The monoisotopic (exact) mass is 451 g/mol. The zero-order chi connectivity index (χ0) is 22.4. The highest BCUT2D eigenvalue weighted by Gasteiger charge is 2.31. The molecule has 1 N–H and O–H groups in total. The zero-order valence-electron chi connectivity index (χ0n) is 18.3. The number of nitrogens with one attached hydrogen (secondary N) is 1. The van der Waals surface area contributed by atoms with E-state index in [2.05, 4.69) is 20.2 Å². The molecule has 9 heteroatoms. The third kappa shape index (κ3) is 3.85. The van der Waals surface area contributed by atoms with Gasteiger partial charge in [-0.3, -0.25) is 9.78 Å². The molecule has 1 fully saturated rings. The van der Waals surface area contributed by atoms with E-state index in [9.17, 15) is 9.18 Å². The molecule has 1 atom stereocenters. The lowest BCUT2D eigenvalue weighted by molar-refractivity contribution is 0.164. The molecular formula is C24H26FN5O3. The molecule has 3 aliphatic rings. The molecule has 0 amide bonds.